The van der Waals surface area contributed by atoms with Gasteiger partial charge < -0.3 is 27.9 Å². The van der Waals surface area contributed by atoms with Crippen LogP contribution in [0.15, 0.2) is 170 Å². The van der Waals surface area contributed by atoms with Crippen molar-refractivity contribution in [1.29, 1.82) is 0 Å². The number of carbonyl (C=O) groups is 2. The second-order valence-corrected chi connectivity index (χ2v) is 23.1. The van der Waals surface area contributed by atoms with Crippen LogP contribution in [0.3, 0.4) is 0 Å². The summed E-state index contributed by atoms with van der Waals surface area (Å²) < 4.78 is 34.2. The molecule has 0 amide bonds. The molecule has 10 heteroatoms. The lowest BCUT2D eigenvalue weighted by Gasteiger charge is -2.28. The predicted octanol–water partition coefficient (Wildman–Crippen LogP) is 20.0. The number of quaternary nitrogens is 1. The van der Waals surface area contributed by atoms with E-state index in [-0.39, 0.29) is 26.1 Å². The van der Waals surface area contributed by atoms with Crippen LogP contribution >= 0.6 is 7.82 Å². The molecule has 0 radical (unpaired) electrons. The first kappa shape index (κ1) is 77.4. The number of likely N-dealkylation sites (N-methyl/N-ethyl adjacent to an activating group) is 1. The summed E-state index contributed by atoms with van der Waals surface area (Å²) in [5, 5.41) is 0. The SMILES string of the molecule is CC/C=C\C/C=C\C/C=C\C/C=C\C/C=C\C/C=C\C/C=C\C/C=C\C/C=C\C/C=C\CCCCCCCCCCC(=O)OC(COC(=O)CCCCCCCC/C=C\C/C=C\C/C=C\C/C=C\CC)COP(=O)([O-])OCC[N+](C)(C)C. The number of rotatable bonds is 56. The molecule has 0 aromatic rings. The van der Waals surface area contributed by atoms with Gasteiger partial charge in [0.15, 0.2) is 6.10 Å². The first-order chi connectivity index (χ1) is 40.0. The molecule has 9 nitrogen and oxygen atoms in total. The summed E-state index contributed by atoms with van der Waals surface area (Å²) in [4.78, 5) is 37.9. The zero-order chi connectivity index (χ0) is 59.8. The van der Waals surface area contributed by atoms with Crippen LogP contribution in [-0.4, -0.2) is 70.0 Å². The van der Waals surface area contributed by atoms with Gasteiger partial charge in [0.05, 0.1) is 27.7 Å². The van der Waals surface area contributed by atoms with Crippen LogP contribution in [0.5, 0.6) is 0 Å². The molecular formula is C72H116NO8P. The van der Waals surface area contributed by atoms with E-state index < -0.39 is 32.5 Å². The molecule has 0 bridgehead atoms. The van der Waals surface area contributed by atoms with Gasteiger partial charge >= 0.3 is 11.9 Å². The monoisotopic (exact) mass is 1150 g/mol. The van der Waals surface area contributed by atoms with E-state index in [9.17, 15) is 19.0 Å². The lowest BCUT2D eigenvalue weighted by molar-refractivity contribution is -0.870. The number of allylic oxidation sites excluding steroid dienone is 28. The Morgan fingerprint density at radius 3 is 0.976 bits per heavy atom. The molecule has 0 saturated heterocycles. The average Bonchev–Trinajstić information content (AvgIpc) is 3.46. The standard InChI is InChI=1S/C72H116NO8P/c1-6-8-10-12-14-16-18-20-22-24-26-27-28-29-30-31-32-33-34-35-36-37-38-39-40-41-42-43-44-45-47-49-51-53-55-57-59-61-63-65-72(75)81-70(69-80-82(76,77)79-67-66-73(3,4)5)68-78-71(74)64-62-60-58-56-54-52-50-48-46-25-23-21-19-17-15-13-11-9-7-2/h8-11,14-17,20-23,26-27,29-30,32-33,35-36,38-39,41-42,44-46,48,70H,6-7,12-13,18-19,24-25,28,31,34,37,40,43,47,49-69H2,1-5H3/b10-8-,11-9-,16-14-,17-15-,22-20-,23-21-,27-26-,30-29-,33-32-,36-35-,39-38-,42-41-,45-44-,48-46-. The van der Waals surface area contributed by atoms with Gasteiger partial charge in [-0.2, -0.15) is 0 Å². The number of hydrogen-bond acceptors (Lipinski definition) is 8. The van der Waals surface area contributed by atoms with Gasteiger partial charge in [0.2, 0.25) is 0 Å². The number of phosphoric ester groups is 1. The number of ether oxygens (including phenoxy) is 2. The minimum Gasteiger partial charge on any atom is -0.756 e. The highest BCUT2D eigenvalue weighted by atomic mass is 31.2. The van der Waals surface area contributed by atoms with Gasteiger partial charge in [0, 0.05) is 12.8 Å². The summed E-state index contributed by atoms with van der Waals surface area (Å²) in [6.45, 7) is 3.96. The zero-order valence-corrected chi connectivity index (χ0v) is 53.3. The van der Waals surface area contributed by atoms with Crippen molar-refractivity contribution in [2.45, 2.75) is 225 Å². The van der Waals surface area contributed by atoms with Crippen LogP contribution in [-0.2, 0) is 32.7 Å². The molecule has 82 heavy (non-hydrogen) atoms. The van der Waals surface area contributed by atoms with Gasteiger partial charge in [-0.15, -0.1) is 0 Å². The Morgan fingerprint density at radius 2 is 0.659 bits per heavy atom. The van der Waals surface area contributed by atoms with Crippen molar-refractivity contribution in [3.05, 3.63) is 170 Å². The first-order valence-corrected chi connectivity index (χ1v) is 33.3. The third-order valence-corrected chi connectivity index (χ3v) is 13.7. The van der Waals surface area contributed by atoms with Gasteiger partial charge in [-0.25, -0.2) is 0 Å². The topological polar surface area (TPSA) is 111 Å². The quantitative estimate of drug-likeness (QED) is 0.0195. The molecule has 462 valence electrons. The maximum Gasteiger partial charge on any atom is 0.306 e. The Balaban J connectivity index is 4.17. The van der Waals surface area contributed by atoms with E-state index >= 15 is 0 Å². The largest absolute Gasteiger partial charge is 0.756 e. The predicted molar refractivity (Wildman–Crippen MR) is 350 cm³/mol. The highest BCUT2D eigenvalue weighted by Crippen LogP contribution is 2.38. The molecule has 0 heterocycles. The third-order valence-electron chi connectivity index (χ3n) is 12.7. The number of esters is 2. The molecule has 0 aromatic heterocycles. The Kier molecular flexibility index (Phi) is 57.5. The summed E-state index contributed by atoms with van der Waals surface area (Å²) in [7, 11) is 1.13. The van der Waals surface area contributed by atoms with Gasteiger partial charge in [-0.3, -0.25) is 14.2 Å². The Labute approximate surface area is 502 Å². The van der Waals surface area contributed by atoms with Crippen LogP contribution < -0.4 is 4.89 Å². The molecule has 0 saturated carbocycles. The second kappa shape index (κ2) is 60.9. The van der Waals surface area contributed by atoms with Gasteiger partial charge in [-0.1, -0.05) is 248 Å². The molecule has 2 unspecified atom stereocenters. The molecule has 2 atom stereocenters. The maximum atomic E-state index is 12.8. The Morgan fingerprint density at radius 1 is 0.378 bits per heavy atom. The van der Waals surface area contributed by atoms with Crippen LogP contribution in [0, 0.1) is 0 Å². The van der Waals surface area contributed by atoms with Crippen molar-refractivity contribution in [2.24, 2.45) is 0 Å². The summed E-state index contributed by atoms with van der Waals surface area (Å²) in [6.07, 6.45) is 92.7. The van der Waals surface area contributed by atoms with Crippen LogP contribution in [0.1, 0.15) is 219 Å². The second-order valence-electron chi connectivity index (χ2n) is 21.7. The lowest BCUT2D eigenvalue weighted by atomic mass is 10.1. The molecule has 0 N–H and O–H groups in total. The molecule has 0 aliphatic heterocycles. The lowest BCUT2D eigenvalue weighted by Crippen LogP contribution is -2.37. The van der Waals surface area contributed by atoms with Gasteiger partial charge in [0.25, 0.3) is 7.82 Å². The molecule has 0 fully saturated rings. The Hall–Kier alpha value is -4.63. The van der Waals surface area contributed by atoms with E-state index in [1.54, 1.807) is 0 Å². The summed E-state index contributed by atoms with van der Waals surface area (Å²) >= 11 is 0. The zero-order valence-electron chi connectivity index (χ0n) is 52.4. The smallest absolute Gasteiger partial charge is 0.306 e. The molecule has 0 aromatic carbocycles. The summed E-state index contributed by atoms with van der Waals surface area (Å²) in [5.41, 5.74) is 0. The number of phosphoric acid groups is 1. The van der Waals surface area contributed by atoms with E-state index in [0.717, 1.165) is 154 Å². The van der Waals surface area contributed by atoms with E-state index in [2.05, 4.69) is 184 Å². The van der Waals surface area contributed by atoms with Crippen molar-refractivity contribution in [2.75, 3.05) is 47.5 Å². The Bertz CT molecular complexity index is 1990. The fourth-order valence-electron chi connectivity index (χ4n) is 7.91. The highest BCUT2D eigenvalue weighted by Gasteiger charge is 2.22. The normalized spacial score (nSPS) is 14.4. The third kappa shape index (κ3) is 64.5. The van der Waals surface area contributed by atoms with E-state index in [1.165, 1.54) is 25.7 Å². The van der Waals surface area contributed by atoms with Gasteiger partial charge in [-0.05, 0) is 128 Å². The average molecular weight is 1150 g/mol. The van der Waals surface area contributed by atoms with E-state index in [0.29, 0.717) is 23.9 Å². The van der Waals surface area contributed by atoms with Crippen molar-refractivity contribution in [3.63, 3.8) is 0 Å². The number of unbranched alkanes of at least 4 members (excludes halogenated alkanes) is 14. The maximum absolute atomic E-state index is 12.8. The minimum absolute atomic E-state index is 0.0445. The summed E-state index contributed by atoms with van der Waals surface area (Å²) in [5.74, 6) is -0.872. The van der Waals surface area contributed by atoms with Crippen LogP contribution in [0.25, 0.3) is 0 Å². The molecule has 0 aliphatic rings. The molecule has 0 spiro atoms. The van der Waals surface area contributed by atoms with Crippen molar-refractivity contribution >= 4 is 19.8 Å². The number of hydrogen-bond donors (Lipinski definition) is 0. The fourth-order valence-corrected chi connectivity index (χ4v) is 8.64. The minimum atomic E-state index is -4.66. The molecular weight excluding hydrogens is 1040 g/mol. The van der Waals surface area contributed by atoms with Crippen molar-refractivity contribution in [3.8, 4) is 0 Å². The van der Waals surface area contributed by atoms with Crippen molar-refractivity contribution in [1.82, 2.24) is 0 Å². The van der Waals surface area contributed by atoms with Crippen molar-refractivity contribution < 1.29 is 42.1 Å². The number of carbonyl (C=O) groups excluding carboxylic acids is 2. The van der Waals surface area contributed by atoms with E-state index in [4.69, 9.17) is 18.5 Å². The highest BCUT2D eigenvalue weighted by molar-refractivity contribution is 7.45. The van der Waals surface area contributed by atoms with Gasteiger partial charge in [0.1, 0.15) is 19.8 Å². The van der Waals surface area contributed by atoms with Crippen LogP contribution in [0.2, 0.25) is 0 Å². The first-order valence-electron chi connectivity index (χ1n) is 31.8. The van der Waals surface area contributed by atoms with Crippen LogP contribution in [0.4, 0.5) is 0 Å². The fraction of sp³-hybridized carbons (Fsp3) is 0.583. The number of nitrogens with zero attached hydrogens (tertiary/aromatic N) is 1. The molecule has 0 rings (SSSR count). The molecule has 0 aliphatic carbocycles. The summed E-state index contributed by atoms with van der Waals surface area (Å²) in [6, 6.07) is 0. The van der Waals surface area contributed by atoms with E-state index in [1.807, 2.05) is 21.1 Å².